The predicted molar refractivity (Wildman–Crippen MR) is 72.9 cm³/mol. The average Bonchev–Trinajstić information content (AvgIpc) is 3.13. The molecule has 1 aliphatic rings. The number of sulfonamides is 1. The number of rotatable bonds is 6. The lowest BCUT2D eigenvalue weighted by molar-refractivity contribution is 0.538. The summed E-state index contributed by atoms with van der Waals surface area (Å²) in [7, 11) is -3.35. The second-order valence-corrected chi connectivity index (χ2v) is 6.86. The zero-order valence-corrected chi connectivity index (χ0v) is 11.8. The SMILES string of the molecule is CCCc1ccc(S(=O)(=O)NC(C)C2CC2)cc1. The topological polar surface area (TPSA) is 46.2 Å². The summed E-state index contributed by atoms with van der Waals surface area (Å²) in [4.78, 5) is 0.370. The van der Waals surface area contributed by atoms with Crippen LogP contribution in [-0.2, 0) is 16.4 Å². The van der Waals surface area contributed by atoms with E-state index in [1.807, 2.05) is 19.1 Å². The highest BCUT2D eigenvalue weighted by molar-refractivity contribution is 7.89. The average molecular weight is 267 g/mol. The van der Waals surface area contributed by atoms with Crippen molar-refractivity contribution in [2.24, 2.45) is 5.92 Å². The molecule has 1 saturated carbocycles. The van der Waals surface area contributed by atoms with Gasteiger partial charge in [0.05, 0.1) is 4.90 Å². The Morgan fingerprint density at radius 2 is 1.89 bits per heavy atom. The maximum absolute atomic E-state index is 12.1. The molecule has 2 rings (SSSR count). The Balaban J connectivity index is 2.08. The minimum atomic E-state index is -3.35. The van der Waals surface area contributed by atoms with Gasteiger partial charge < -0.3 is 0 Å². The fourth-order valence-electron chi connectivity index (χ4n) is 2.13. The van der Waals surface area contributed by atoms with Crippen LogP contribution in [0.4, 0.5) is 0 Å². The van der Waals surface area contributed by atoms with Gasteiger partial charge in [-0.05, 0) is 49.8 Å². The van der Waals surface area contributed by atoms with Gasteiger partial charge in [-0.1, -0.05) is 25.5 Å². The molecule has 3 nitrogen and oxygen atoms in total. The third kappa shape index (κ3) is 3.33. The molecule has 0 heterocycles. The highest BCUT2D eigenvalue weighted by Gasteiger charge is 2.31. The number of aryl methyl sites for hydroxylation is 1. The Kier molecular flexibility index (Phi) is 4.07. The van der Waals surface area contributed by atoms with Crippen molar-refractivity contribution >= 4 is 10.0 Å². The maximum atomic E-state index is 12.1. The second-order valence-electron chi connectivity index (χ2n) is 5.14. The molecule has 18 heavy (non-hydrogen) atoms. The summed E-state index contributed by atoms with van der Waals surface area (Å²) in [6, 6.07) is 7.25. The molecule has 0 bridgehead atoms. The molecule has 1 atom stereocenters. The minimum Gasteiger partial charge on any atom is -0.208 e. The first-order valence-electron chi connectivity index (χ1n) is 6.64. The van der Waals surface area contributed by atoms with Crippen molar-refractivity contribution in [1.29, 1.82) is 0 Å². The lowest BCUT2D eigenvalue weighted by Crippen LogP contribution is -2.33. The van der Waals surface area contributed by atoms with Crippen molar-refractivity contribution in [1.82, 2.24) is 4.72 Å². The third-order valence-electron chi connectivity index (χ3n) is 3.44. The van der Waals surface area contributed by atoms with Gasteiger partial charge in [-0.25, -0.2) is 13.1 Å². The molecular weight excluding hydrogens is 246 g/mol. The third-order valence-corrected chi connectivity index (χ3v) is 5.02. The highest BCUT2D eigenvalue weighted by atomic mass is 32.2. The predicted octanol–water partition coefficient (Wildman–Crippen LogP) is 2.72. The van der Waals surface area contributed by atoms with Crippen molar-refractivity contribution in [2.45, 2.75) is 50.5 Å². The zero-order valence-electron chi connectivity index (χ0n) is 11.0. The summed E-state index contributed by atoms with van der Waals surface area (Å²) < 4.78 is 27.0. The maximum Gasteiger partial charge on any atom is 0.240 e. The van der Waals surface area contributed by atoms with Gasteiger partial charge in [0.25, 0.3) is 0 Å². The molecule has 0 amide bonds. The second kappa shape index (κ2) is 5.41. The van der Waals surface area contributed by atoms with Crippen LogP contribution in [0.3, 0.4) is 0 Å². The molecule has 0 spiro atoms. The molecule has 1 aromatic carbocycles. The van der Waals surface area contributed by atoms with Crippen LogP contribution < -0.4 is 4.72 Å². The van der Waals surface area contributed by atoms with Crippen LogP contribution in [0.2, 0.25) is 0 Å². The highest BCUT2D eigenvalue weighted by Crippen LogP contribution is 2.33. The monoisotopic (exact) mass is 267 g/mol. The summed E-state index contributed by atoms with van der Waals surface area (Å²) in [6.45, 7) is 4.06. The van der Waals surface area contributed by atoms with Crippen molar-refractivity contribution in [3.05, 3.63) is 29.8 Å². The lowest BCUT2D eigenvalue weighted by atomic mass is 10.1. The normalized spacial score (nSPS) is 17.7. The minimum absolute atomic E-state index is 0.0466. The summed E-state index contributed by atoms with van der Waals surface area (Å²) in [5, 5.41) is 0. The number of hydrogen-bond donors (Lipinski definition) is 1. The standard InChI is InChI=1S/C14H21NO2S/c1-3-4-12-5-9-14(10-6-12)18(16,17)15-11(2)13-7-8-13/h5-6,9-11,13,15H,3-4,7-8H2,1-2H3. The first kappa shape index (κ1) is 13.6. The van der Waals surface area contributed by atoms with Crippen LogP contribution in [-0.4, -0.2) is 14.5 Å². The molecular formula is C14H21NO2S. The van der Waals surface area contributed by atoms with Gasteiger partial charge in [0.15, 0.2) is 0 Å². The Morgan fingerprint density at radius 1 is 1.28 bits per heavy atom. The van der Waals surface area contributed by atoms with Crippen LogP contribution in [0.5, 0.6) is 0 Å². The molecule has 100 valence electrons. The number of benzene rings is 1. The Hall–Kier alpha value is -0.870. The molecule has 0 radical (unpaired) electrons. The summed E-state index contributed by atoms with van der Waals surface area (Å²) in [6.07, 6.45) is 4.34. The summed E-state index contributed by atoms with van der Waals surface area (Å²) in [5.74, 6) is 0.527. The molecule has 1 unspecified atom stereocenters. The molecule has 0 aromatic heterocycles. The molecule has 0 saturated heterocycles. The van der Waals surface area contributed by atoms with Gasteiger partial charge in [-0.2, -0.15) is 0 Å². The van der Waals surface area contributed by atoms with Gasteiger partial charge in [-0.15, -0.1) is 0 Å². The molecule has 0 aliphatic heterocycles. The van der Waals surface area contributed by atoms with E-state index in [2.05, 4.69) is 11.6 Å². The fraction of sp³-hybridized carbons (Fsp3) is 0.571. The molecule has 4 heteroatoms. The van der Waals surface area contributed by atoms with E-state index < -0.39 is 10.0 Å². The smallest absolute Gasteiger partial charge is 0.208 e. The molecule has 1 N–H and O–H groups in total. The van der Waals surface area contributed by atoms with Crippen molar-refractivity contribution in [3.8, 4) is 0 Å². The van der Waals surface area contributed by atoms with Crippen molar-refractivity contribution in [2.75, 3.05) is 0 Å². The van der Waals surface area contributed by atoms with Gasteiger partial charge in [0, 0.05) is 6.04 Å². The lowest BCUT2D eigenvalue weighted by Gasteiger charge is -2.13. The Morgan fingerprint density at radius 3 is 2.39 bits per heavy atom. The zero-order chi connectivity index (χ0) is 13.2. The molecule has 1 aromatic rings. The Labute approximate surface area is 110 Å². The summed E-state index contributed by atoms with van der Waals surface area (Å²) >= 11 is 0. The van der Waals surface area contributed by atoms with Crippen LogP contribution in [0.15, 0.2) is 29.2 Å². The van der Waals surface area contributed by atoms with E-state index in [-0.39, 0.29) is 6.04 Å². The first-order valence-corrected chi connectivity index (χ1v) is 8.12. The summed E-state index contributed by atoms with van der Waals surface area (Å²) in [5.41, 5.74) is 1.19. The van der Waals surface area contributed by atoms with E-state index in [9.17, 15) is 8.42 Å². The number of nitrogens with one attached hydrogen (secondary N) is 1. The van der Waals surface area contributed by atoms with Crippen molar-refractivity contribution < 1.29 is 8.42 Å². The Bertz CT molecular complexity index is 489. The number of hydrogen-bond acceptors (Lipinski definition) is 2. The first-order chi connectivity index (χ1) is 8.53. The van der Waals surface area contributed by atoms with E-state index in [0.717, 1.165) is 25.7 Å². The van der Waals surface area contributed by atoms with E-state index >= 15 is 0 Å². The van der Waals surface area contributed by atoms with Gasteiger partial charge >= 0.3 is 0 Å². The molecule has 1 fully saturated rings. The van der Waals surface area contributed by atoms with Crippen LogP contribution in [0.1, 0.15) is 38.7 Å². The molecule has 1 aliphatic carbocycles. The van der Waals surface area contributed by atoms with E-state index in [1.165, 1.54) is 5.56 Å². The van der Waals surface area contributed by atoms with Gasteiger partial charge in [0.1, 0.15) is 0 Å². The largest absolute Gasteiger partial charge is 0.240 e. The van der Waals surface area contributed by atoms with Gasteiger partial charge in [-0.3, -0.25) is 0 Å². The van der Waals surface area contributed by atoms with Crippen LogP contribution >= 0.6 is 0 Å². The van der Waals surface area contributed by atoms with Crippen LogP contribution in [0, 0.1) is 5.92 Å². The van der Waals surface area contributed by atoms with E-state index in [4.69, 9.17) is 0 Å². The fourth-order valence-corrected chi connectivity index (χ4v) is 3.44. The quantitative estimate of drug-likeness (QED) is 0.861. The van der Waals surface area contributed by atoms with E-state index in [1.54, 1.807) is 12.1 Å². The van der Waals surface area contributed by atoms with Gasteiger partial charge in [0.2, 0.25) is 10.0 Å². The van der Waals surface area contributed by atoms with E-state index in [0.29, 0.717) is 10.8 Å². The van der Waals surface area contributed by atoms with Crippen LogP contribution in [0.25, 0.3) is 0 Å². The van der Waals surface area contributed by atoms with Crippen molar-refractivity contribution in [3.63, 3.8) is 0 Å².